The van der Waals surface area contributed by atoms with Crippen LogP contribution in [-0.4, -0.2) is 19.6 Å². The second kappa shape index (κ2) is 10.9. The molecular weight excluding hydrogens is 439 g/mol. The smallest absolute Gasteiger partial charge is 0.191 e. The van der Waals surface area contributed by atoms with Crippen LogP contribution in [-0.2, 0) is 13.1 Å². The Bertz CT molecular complexity index is 710. The molecule has 0 spiro atoms. The summed E-state index contributed by atoms with van der Waals surface area (Å²) in [6.45, 7) is 3.19. The molecule has 0 aliphatic heterocycles. The Morgan fingerprint density at radius 2 is 1.92 bits per heavy atom. The van der Waals surface area contributed by atoms with Crippen LogP contribution in [0.1, 0.15) is 18.1 Å². The number of ether oxygens (including phenoxy) is 1. The number of hydrogen-bond donors (Lipinski definition) is 2. The van der Waals surface area contributed by atoms with Crippen molar-refractivity contribution in [3.63, 3.8) is 0 Å². The first-order valence-electron chi connectivity index (χ1n) is 7.71. The average molecular weight is 461 g/mol. The number of guanidine groups is 1. The van der Waals surface area contributed by atoms with Crippen LogP contribution in [0.4, 0.5) is 8.78 Å². The third kappa shape index (κ3) is 6.85. The summed E-state index contributed by atoms with van der Waals surface area (Å²) in [5.41, 5.74) is 1.24. The molecule has 0 radical (unpaired) electrons. The largest absolute Gasteiger partial charge is 0.497 e. The summed E-state index contributed by atoms with van der Waals surface area (Å²) in [7, 11) is 1.61. The van der Waals surface area contributed by atoms with E-state index in [4.69, 9.17) is 4.74 Å². The fraction of sp³-hybridized carbons (Fsp3) is 0.278. The van der Waals surface area contributed by atoms with Crippen molar-refractivity contribution >= 4 is 29.9 Å². The Morgan fingerprint density at radius 3 is 2.64 bits per heavy atom. The van der Waals surface area contributed by atoms with E-state index < -0.39 is 11.6 Å². The Labute approximate surface area is 163 Å². The van der Waals surface area contributed by atoms with Gasteiger partial charge in [-0.2, -0.15) is 0 Å². The number of hydrogen-bond acceptors (Lipinski definition) is 2. The molecule has 25 heavy (non-hydrogen) atoms. The predicted octanol–water partition coefficient (Wildman–Crippen LogP) is 3.85. The van der Waals surface area contributed by atoms with Crippen LogP contribution in [0.3, 0.4) is 0 Å². The highest BCUT2D eigenvalue weighted by Crippen LogP contribution is 2.13. The van der Waals surface area contributed by atoms with Crippen LogP contribution in [0.15, 0.2) is 47.5 Å². The second-order valence-electron chi connectivity index (χ2n) is 5.14. The van der Waals surface area contributed by atoms with Crippen molar-refractivity contribution in [1.82, 2.24) is 10.6 Å². The van der Waals surface area contributed by atoms with Gasteiger partial charge in [-0.25, -0.2) is 13.8 Å². The Kier molecular flexibility index (Phi) is 9.18. The summed E-state index contributed by atoms with van der Waals surface area (Å²) in [4.78, 5) is 4.45. The number of aliphatic imine (C=N–C) groups is 1. The molecule has 0 saturated heterocycles. The number of nitrogens with one attached hydrogen (secondary N) is 2. The van der Waals surface area contributed by atoms with E-state index in [9.17, 15) is 8.78 Å². The van der Waals surface area contributed by atoms with E-state index >= 15 is 0 Å². The summed E-state index contributed by atoms with van der Waals surface area (Å²) < 4.78 is 32.0. The van der Waals surface area contributed by atoms with Crippen molar-refractivity contribution in [1.29, 1.82) is 0 Å². The highest BCUT2D eigenvalue weighted by atomic mass is 127. The third-order valence-electron chi connectivity index (χ3n) is 3.35. The highest BCUT2D eigenvalue weighted by Gasteiger charge is 2.05. The van der Waals surface area contributed by atoms with Crippen LogP contribution in [0.25, 0.3) is 0 Å². The lowest BCUT2D eigenvalue weighted by atomic mass is 10.2. The minimum Gasteiger partial charge on any atom is -0.497 e. The number of nitrogens with zero attached hydrogens (tertiary/aromatic N) is 1. The van der Waals surface area contributed by atoms with Crippen LogP contribution < -0.4 is 15.4 Å². The van der Waals surface area contributed by atoms with Crippen molar-refractivity contribution < 1.29 is 13.5 Å². The minimum atomic E-state index is -0.466. The summed E-state index contributed by atoms with van der Waals surface area (Å²) in [5, 5.41) is 6.08. The molecule has 2 aromatic carbocycles. The fourth-order valence-corrected chi connectivity index (χ4v) is 2.14. The lowest BCUT2D eigenvalue weighted by Crippen LogP contribution is -2.37. The van der Waals surface area contributed by atoms with Gasteiger partial charge in [0.2, 0.25) is 0 Å². The maximum atomic E-state index is 13.7. The van der Waals surface area contributed by atoms with E-state index in [1.807, 2.05) is 31.2 Å². The molecule has 2 aromatic rings. The Balaban J connectivity index is 0.00000312. The summed E-state index contributed by atoms with van der Waals surface area (Å²) in [5.74, 6) is 0.380. The van der Waals surface area contributed by atoms with E-state index in [0.717, 1.165) is 23.4 Å². The second-order valence-corrected chi connectivity index (χ2v) is 5.14. The summed E-state index contributed by atoms with van der Waals surface area (Å²) in [6, 6.07) is 11.0. The molecule has 0 bridgehead atoms. The van der Waals surface area contributed by atoms with Gasteiger partial charge in [-0.1, -0.05) is 12.1 Å². The van der Waals surface area contributed by atoms with E-state index in [2.05, 4.69) is 15.6 Å². The number of rotatable bonds is 6. The molecular formula is C18H22F2IN3O. The monoisotopic (exact) mass is 461 g/mol. The Morgan fingerprint density at radius 1 is 1.12 bits per heavy atom. The predicted molar refractivity (Wildman–Crippen MR) is 106 cm³/mol. The molecule has 7 heteroatoms. The average Bonchev–Trinajstić information content (AvgIpc) is 2.60. The lowest BCUT2D eigenvalue weighted by Gasteiger charge is -2.12. The van der Waals surface area contributed by atoms with E-state index in [0.29, 0.717) is 19.0 Å². The summed E-state index contributed by atoms with van der Waals surface area (Å²) in [6.07, 6.45) is 0. The zero-order valence-corrected chi connectivity index (χ0v) is 16.5. The number of benzene rings is 2. The number of methoxy groups -OCH3 is 1. The van der Waals surface area contributed by atoms with Crippen LogP contribution in [0, 0.1) is 11.6 Å². The van der Waals surface area contributed by atoms with Crippen molar-refractivity contribution in [2.24, 2.45) is 4.99 Å². The first-order chi connectivity index (χ1) is 11.6. The fourth-order valence-electron chi connectivity index (χ4n) is 2.14. The Hall–Kier alpha value is -1.90. The number of halogens is 3. The maximum Gasteiger partial charge on any atom is 0.191 e. The molecule has 4 nitrogen and oxygen atoms in total. The molecule has 0 unspecified atom stereocenters. The van der Waals surface area contributed by atoms with Gasteiger partial charge in [0.1, 0.15) is 17.4 Å². The van der Waals surface area contributed by atoms with Crippen molar-refractivity contribution in [2.75, 3.05) is 13.7 Å². The zero-order valence-electron chi connectivity index (χ0n) is 14.2. The molecule has 0 heterocycles. The van der Waals surface area contributed by atoms with Crippen LogP contribution in [0.5, 0.6) is 5.75 Å². The third-order valence-corrected chi connectivity index (χ3v) is 3.35. The molecule has 0 amide bonds. The van der Waals surface area contributed by atoms with Gasteiger partial charge in [-0.3, -0.25) is 0 Å². The maximum absolute atomic E-state index is 13.7. The van der Waals surface area contributed by atoms with Crippen LogP contribution in [0.2, 0.25) is 0 Å². The topological polar surface area (TPSA) is 45.7 Å². The quantitative estimate of drug-likeness (QED) is 0.391. The molecule has 0 atom stereocenters. The molecule has 0 aliphatic carbocycles. The van der Waals surface area contributed by atoms with Gasteiger partial charge >= 0.3 is 0 Å². The SMILES string of the molecule is CCNC(=NCc1cccc(OC)c1)NCc1cc(F)ccc1F.I. The molecule has 0 aromatic heterocycles. The van der Waals surface area contributed by atoms with Crippen molar-refractivity contribution in [3.8, 4) is 5.75 Å². The van der Waals surface area contributed by atoms with Gasteiger partial charge in [0.05, 0.1) is 13.7 Å². The zero-order chi connectivity index (χ0) is 17.4. The normalized spacial score (nSPS) is 10.8. The standard InChI is InChI=1S/C18H21F2N3O.HI/c1-3-21-18(22-11-13-5-4-6-16(9-13)24-2)23-12-14-10-15(19)7-8-17(14)20;/h4-10H,3,11-12H2,1-2H3,(H2,21,22,23);1H. The van der Waals surface area contributed by atoms with Gasteiger partial charge in [0.25, 0.3) is 0 Å². The van der Waals surface area contributed by atoms with E-state index in [-0.39, 0.29) is 36.1 Å². The van der Waals surface area contributed by atoms with Gasteiger partial charge in [-0.15, -0.1) is 24.0 Å². The van der Waals surface area contributed by atoms with Gasteiger partial charge in [0.15, 0.2) is 5.96 Å². The molecule has 0 aliphatic rings. The van der Waals surface area contributed by atoms with Gasteiger partial charge in [-0.05, 0) is 42.8 Å². The summed E-state index contributed by atoms with van der Waals surface area (Å²) >= 11 is 0. The molecule has 136 valence electrons. The van der Waals surface area contributed by atoms with Gasteiger partial charge in [0, 0.05) is 18.7 Å². The van der Waals surface area contributed by atoms with E-state index in [1.54, 1.807) is 7.11 Å². The minimum absolute atomic E-state index is 0. The van der Waals surface area contributed by atoms with Crippen molar-refractivity contribution in [2.45, 2.75) is 20.0 Å². The molecule has 0 saturated carbocycles. The van der Waals surface area contributed by atoms with Gasteiger partial charge < -0.3 is 15.4 Å². The molecule has 2 rings (SSSR count). The van der Waals surface area contributed by atoms with E-state index in [1.165, 1.54) is 6.07 Å². The van der Waals surface area contributed by atoms with Crippen LogP contribution >= 0.6 is 24.0 Å². The first-order valence-corrected chi connectivity index (χ1v) is 7.71. The first kappa shape index (κ1) is 21.1. The molecule has 0 fully saturated rings. The molecule has 2 N–H and O–H groups in total. The van der Waals surface area contributed by atoms with Crippen molar-refractivity contribution in [3.05, 3.63) is 65.2 Å². The lowest BCUT2D eigenvalue weighted by molar-refractivity contribution is 0.414. The highest BCUT2D eigenvalue weighted by molar-refractivity contribution is 14.0.